The number of benzene rings is 2. The fraction of sp³-hybridized carbons (Fsp3) is 0.278. The standard InChI is InChI=1S/C18H22N2O3S/c1-13(2)12-17(14-6-4-3-5-7-14)20-24(22,23)16-10-8-15(9-11-16)18(19)21/h3-11,13,17,20H,12H2,1-2H3,(H2,19,21). The van der Waals surface area contributed by atoms with Crippen LogP contribution in [-0.4, -0.2) is 14.3 Å². The Labute approximate surface area is 142 Å². The number of nitrogens with one attached hydrogen (secondary N) is 1. The van der Waals surface area contributed by atoms with E-state index in [1.807, 2.05) is 44.2 Å². The lowest BCUT2D eigenvalue weighted by molar-refractivity contribution is 0.1000. The maximum absolute atomic E-state index is 12.7. The van der Waals surface area contributed by atoms with Crippen molar-refractivity contribution in [1.29, 1.82) is 0 Å². The average Bonchev–Trinajstić information content (AvgIpc) is 2.54. The Morgan fingerprint density at radius 3 is 2.12 bits per heavy atom. The van der Waals surface area contributed by atoms with E-state index in [-0.39, 0.29) is 16.5 Å². The molecule has 0 radical (unpaired) electrons. The Morgan fingerprint density at radius 2 is 1.62 bits per heavy atom. The van der Waals surface area contributed by atoms with Crippen molar-refractivity contribution in [2.45, 2.75) is 31.2 Å². The molecule has 24 heavy (non-hydrogen) atoms. The number of nitrogens with two attached hydrogens (primary N) is 1. The summed E-state index contributed by atoms with van der Waals surface area (Å²) >= 11 is 0. The van der Waals surface area contributed by atoms with Gasteiger partial charge in [-0.15, -0.1) is 0 Å². The summed E-state index contributed by atoms with van der Waals surface area (Å²) in [5.74, 6) is -0.260. The van der Waals surface area contributed by atoms with Gasteiger partial charge in [0.05, 0.1) is 4.90 Å². The summed E-state index contributed by atoms with van der Waals surface area (Å²) in [7, 11) is -3.70. The highest BCUT2D eigenvalue weighted by Crippen LogP contribution is 2.24. The van der Waals surface area contributed by atoms with Crippen molar-refractivity contribution >= 4 is 15.9 Å². The molecule has 0 spiro atoms. The topological polar surface area (TPSA) is 89.3 Å². The van der Waals surface area contributed by atoms with Crippen molar-refractivity contribution in [2.75, 3.05) is 0 Å². The number of carbonyl (C=O) groups excluding carboxylic acids is 1. The lowest BCUT2D eigenvalue weighted by Crippen LogP contribution is -2.29. The highest BCUT2D eigenvalue weighted by Gasteiger charge is 2.22. The van der Waals surface area contributed by atoms with Gasteiger partial charge in [0, 0.05) is 11.6 Å². The zero-order valence-corrected chi connectivity index (χ0v) is 14.6. The van der Waals surface area contributed by atoms with Crippen LogP contribution >= 0.6 is 0 Å². The number of rotatable bonds is 7. The van der Waals surface area contributed by atoms with Crippen molar-refractivity contribution < 1.29 is 13.2 Å². The summed E-state index contributed by atoms with van der Waals surface area (Å²) in [6.45, 7) is 4.10. The summed E-state index contributed by atoms with van der Waals surface area (Å²) in [4.78, 5) is 11.2. The van der Waals surface area contributed by atoms with Crippen LogP contribution in [0.15, 0.2) is 59.5 Å². The second-order valence-corrected chi connectivity index (χ2v) is 7.82. The molecule has 0 saturated carbocycles. The zero-order chi connectivity index (χ0) is 17.7. The van der Waals surface area contributed by atoms with Gasteiger partial charge in [-0.2, -0.15) is 0 Å². The highest BCUT2D eigenvalue weighted by atomic mass is 32.2. The van der Waals surface area contributed by atoms with E-state index in [4.69, 9.17) is 5.73 Å². The maximum Gasteiger partial charge on any atom is 0.248 e. The molecule has 1 amide bonds. The molecule has 3 N–H and O–H groups in total. The first kappa shape index (κ1) is 18.2. The summed E-state index contributed by atoms with van der Waals surface area (Å²) in [6.07, 6.45) is 0.683. The number of carbonyl (C=O) groups is 1. The van der Waals surface area contributed by atoms with E-state index in [0.29, 0.717) is 12.3 Å². The van der Waals surface area contributed by atoms with Crippen LogP contribution in [0.3, 0.4) is 0 Å². The SMILES string of the molecule is CC(C)CC(NS(=O)(=O)c1ccc(C(N)=O)cc1)c1ccccc1. The first-order valence-electron chi connectivity index (χ1n) is 7.76. The van der Waals surface area contributed by atoms with Gasteiger partial charge >= 0.3 is 0 Å². The highest BCUT2D eigenvalue weighted by molar-refractivity contribution is 7.89. The molecule has 1 unspecified atom stereocenters. The predicted octanol–water partition coefficient (Wildman–Crippen LogP) is 2.85. The minimum atomic E-state index is -3.70. The molecule has 6 heteroatoms. The van der Waals surface area contributed by atoms with Crippen molar-refractivity contribution in [2.24, 2.45) is 11.7 Å². The Morgan fingerprint density at radius 1 is 1.04 bits per heavy atom. The number of amides is 1. The zero-order valence-electron chi connectivity index (χ0n) is 13.8. The van der Waals surface area contributed by atoms with Gasteiger partial charge in [0.15, 0.2) is 0 Å². The van der Waals surface area contributed by atoms with Gasteiger partial charge in [0.2, 0.25) is 15.9 Å². The second-order valence-electron chi connectivity index (χ2n) is 6.10. The molecule has 0 saturated heterocycles. The van der Waals surface area contributed by atoms with Crippen LogP contribution < -0.4 is 10.5 Å². The van der Waals surface area contributed by atoms with Crippen molar-refractivity contribution in [1.82, 2.24) is 4.72 Å². The predicted molar refractivity (Wildman–Crippen MR) is 93.9 cm³/mol. The third-order valence-electron chi connectivity index (χ3n) is 3.66. The minimum Gasteiger partial charge on any atom is -0.366 e. The molecule has 2 aromatic rings. The third-order valence-corrected chi connectivity index (χ3v) is 5.14. The second kappa shape index (κ2) is 7.59. The van der Waals surface area contributed by atoms with Crippen molar-refractivity contribution in [3.05, 3.63) is 65.7 Å². The van der Waals surface area contributed by atoms with E-state index < -0.39 is 15.9 Å². The lowest BCUT2D eigenvalue weighted by Gasteiger charge is -2.21. The van der Waals surface area contributed by atoms with E-state index in [1.54, 1.807) is 0 Å². The normalized spacial score (nSPS) is 13.0. The molecule has 2 aromatic carbocycles. The molecule has 5 nitrogen and oxygen atoms in total. The molecular weight excluding hydrogens is 324 g/mol. The summed E-state index contributed by atoms with van der Waals surface area (Å²) in [5.41, 5.74) is 6.37. The third kappa shape index (κ3) is 4.66. The Bertz CT molecular complexity index is 785. The fourth-order valence-electron chi connectivity index (χ4n) is 2.46. The molecule has 1 atom stereocenters. The smallest absolute Gasteiger partial charge is 0.248 e. The van der Waals surface area contributed by atoms with Crippen LogP contribution in [0.4, 0.5) is 0 Å². The van der Waals surface area contributed by atoms with Crippen molar-refractivity contribution in [3.8, 4) is 0 Å². The largest absolute Gasteiger partial charge is 0.366 e. The molecule has 0 bridgehead atoms. The van der Waals surface area contributed by atoms with E-state index in [1.165, 1.54) is 24.3 Å². The van der Waals surface area contributed by atoms with E-state index in [0.717, 1.165) is 5.56 Å². The lowest BCUT2D eigenvalue weighted by atomic mass is 9.98. The van der Waals surface area contributed by atoms with Crippen LogP contribution in [-0.2, 0) is 10.0 Å². The first-order chi connectivity index (χ1) is 11.3. The van der Waals surface area contributed by atoms with Crippen LogP contribution in [0.25, 0.3) is 0 Å². The summed E-state index contributed by atoms with van der Waals surface area (Å²) < 4.78 is 28.1. The van der Waals surface area contributed by atoms with Gasteiger partial charge in [0.25, 0.3) is 0 Å². The number of hydrogen-bond acceptors (Lipinski definition) is 3. The molecule has 0 fully saturated rings. The van der Waals surface area contributed by atoms with Crippen molar-refractivity contribution in [3.63, 3.8) is 0 Å². The van der Waals surface area contributed by atoms with E-state index >= 15 is 0 Å². The molecule has 0 heterocycles. The first-order valence-corrected chi connectivity index (χ1v) is 9.25. The molecular formula is C18H22N2O3S. The Kier molecular flexibility index (Phi) is 5.75. The van der Waals surface area contributed by atoms with Crippen LogP contribution in [0.1, 0.15) is 42.2 Å². The molecule has 0 aromatic heterocycles. The van der Waals surface area contributed by atoms with Gasteiger partial charge in [-0.1, -0.05) is 44.2 Å². The molecule has 0 aliphatic rings. The Balaban J connectivity index is 2.28. The quantitative estimate of drug-likeness (QED) is 0.808. The van der Waals surface area contributed by atoms with Crippen LogP contribution in [0, 0.1) is 5.92 Å². The average molecular weight is 346 g/mol. The van der Waals surface area contributed by atoms with Crippen LogP contribution in [0.5, 0.6) is 0 Å². The van der Waals surface area contributed by atoms with E-state index in [2.05, 4.69) is 4.72 Å². The monoisotopic (exact) mass is 346 g/mol. The number of hydrogen-bond donors (Lipinski definition) is 2. The molecule has 0 aliphatic carbocycles. The van der Waals surface area contributed by atoms with Gasteiger partial charge in [-0.05, 0) is 42.2 Å². The molecule has 2 rings (SSSR count). The number of sulfonamides is 1. The van der Waals surface area contributed by atoms with Crippen LogP contribution in [0.2, 0.25) is 0 Å². The summed E-state index contributed by atoms with van der Waals surface area (Å²) in [6, 6.07) is 14.8. The molecule has 0 aliphatic heterocycles. The molecule has 128 valence electrons. The number of primary amides is 1. The van der Waals surface area contributed by atoms with Gasteiger partial charge < -0.3 is 5.73 Å². The van der Waals surface area contributed by atoms with Gasteiger partial charge in [0.1, 0.15) is 0 Å². The summed E-state index contributed by atoms with van der Waals surface area (Å²) in [5, 5.41) is 0. The maximum atomic E-state index is 12.7. The Hall–Kier alpha value is -2.18. The van der Waals surface area contributed by atoms with Gasteiger partial charge in [-0.25, -0.2) is 13.1 Å². The fourth-order valence-corrected chi connectivity index (χ4v) is 3.70. The minimum absolute atomic E-state index is 0.109. The van der Waals surface area contributed by atoms with E-state index in [9.17, 15) is 13.2 Å². The van der Waals surface area contributed by atoms with Gasteiger partial charge in [-0.3, -0.25) is 4.79 Å².